The van der Waals surface area contributed by atoms with E-state index in [1.165, 1.54) is 0 Å². The fourth-order valence-electron chi connectivity index (χ4n) is 2.71. The van der Waals surface area contributed by atoms with Gasteiger partial charge in [-0.1, -0.05) is 0 Å². The average Bonchev–Trinajstić information content (AvgIpc) is 2.82. The molecule has 2 fully saturated rings. The zero-order valence-corrected chi connectivity index (χ0v) is 13.3. The van der Waals surface area contributed by atoms with E-state index in [0.29, 0.717) is 24.6 Å². The highest BCUT2D eigenvalue weighted by molar-refractivity contribution is 8.06. The molecular formula is C13H21NO4S2. The number of nitrogens with zero attached hydrogens (tertiary/aromatic N) is 1. The number of methoxy groups -OCH3 is 1. The molecule has 20 heavy (non-hydrogen) atoms. The van der Waals surface area contributed by atoms with Crippen LogP contribution in [0.3, 0.4) is 0 Å². The molecule has 1 amide bonds. The quantitative estimate of drug-likeness (QED) is 0.824. The lowest BCUT2D eigenvalue weighted by Crippen LogP contribution is -2.39. The van der Waals surface area contributed by atoms with Crippen LogP contribution in [0.1, 0.15) is 19.3 Å². The zero-order valence-electron chi connectivity index (χ0n) is 11.6. The van der Waals surface area contributed by atoms with Gasteiger partial charge in [0.25, 0.3) is 0 Å². The van der Waals surface area contributed by atoms with Crippen LogP contribution < -0.4 is 0 Å². The van der Waals surface area contributed by atoms with Crippen LogP contribution in [0.15, 0.2) is 0 Å². The van der Waals surface area contributed by atoms with Gasteiger partial charge < -0.3 is 14.7 Å². The minimum Gasteiger partial charge on any atom is -0.481 e. The number of carboxylic acids is 1. The van der Waals surface area contributed by atoms with Gasteiger partial charge in [-0.05, 0) is 6.42 Å². The Labute approximate surface area is 127 Å². The zero-order chi connectivity index (χ0) is 14.5. The number of amides is 1. The third-order valence-electron chi connectivity index (χ3n) is 3.73. The molecule has 0 aromatic carbocycles. The second kappa shape index (κ2) is 7.56. The van der Waals surface area contributed by atoms with Crippen LogP contribution in [-0.4, -0.2) is 70.2 Å². The number of thioether (sulfide) groups is 2. The molecule has 114 valence electrons. The van der Waals surface area contributed by atoms with E-state index in [0.717, 1.165) is 17.3 Å². The summed E-state index contributed by atoms with van der Waals surface area (Å²) in [6.45, 7) is 0.526. The summed E-state index contributed by atoms with van der Waals surface area (Å²) in [7, 11) is 1.62. The first kappa shape index (κ1) is 16.0. The van der Waals surface area contributed by atoms with Crippen molar-refractivity contribution in [3.05, 3.63) is 0 Å². The predicted octanol–water partition coefficient (Wildman–Crippen LogP) is 1.32. The highest BCUT2D eigenvalue weighted by Gasteiger charge is 2.37. The van der Waals surface area contributed by atoms with Crippen LogP contribution in [0, 0.1) is 0 Å². The van der Waals surface area contributed by atoms with Crippen molar-refractivity contribution in [3.63, 3.8) is 0 Å². The minimum atomic E-state index is -0.854. The summed E-state index contributed by atoms with van der Waals surface area (Å²) < 4.78 is 5.30. The lowest BCUT2D eigenvalue weighted by atomic mass is 10.1. The molecule has 0 aromatic rings. The first-order valence-electron chi connectivity index (χ1n) is 6.83. The standard InChI is InChI=1S/C13H21NO4S2/c1-18-10-4-9(5-13(16)17)14(7-10)12(15)6-11-8-19-2-3-20-11/h9-11H,2-8H2,1H3,(H,16,17). The number of carboxylic acid groups (broad SMARTS) is 1. The smallest absolute Gasteiger partial charge is 0.305 e. The Kier molecular flexibility index (Phi) is 6.04. The molecule has 0 bridgehead atoms. The Morgan fingerprint density at radius 2 is 2.15 bits per heavy atom. The fraction of sp³-hybridized carbons (Fsp3) is 0.846. The molecule has 3 atom stereocenters. The molecule has 0 aromatic heterocycles. The van der Waals surface area contributed by atoms with E-state index < -0.39 is 5.97 Å². The van der Waals surface area contributed by atoms with Crippen molar-refractivity contribution in [1.82, 2.24) is 4.90 Å². The van der Waals surface area contributed by atoms with Gasteiger partial charge in [-0.3, -0.25) is 9.59 Å². The number of carbonyl (C=O) groups excluding carboxylic acids is 1. The highest BCUT2D eigenvalue weighted by atomic mass is 32.2. The van der Waals surface area contributed by atoms with E-state index >= 15 is 0 Å². The summed E-state index contributed by atoms with van der Waals surface area (Å²) in [6, 6.07) is -0.216. The summed E-state index contributed by atoms with van der Waals surface area (Å²) in [6.07, 6.45) is 1.13. The molecule has 2 heterocycles. The number of ether oxygens (including phenoxy) is 1. The van der Waals surface area contributed by atoms with Gasteiger partial charge in [0.15, 0.2) is 0 Å². The van der Waals surface area contributed by atoms with Gasteiger partial charge in [-0.25, -0.2) is 0 Å². The van der Waals surface area contributed by atoms with E-state index in [1.807, 2.05) is 23.5 Å². The molecule has 5 nitrogen and oxygen atoms in total. The van der Waals surface area contributed by atoms with Crippen LogP contribution in [-0.2, 0) is 14.3 Å². The second-order valence-corrected chi connectivity index (χ2v) is 7.72. The van der Waals surface area contributed by atoms with Crippen LogP contribution in [0.2, 0.25) is 0 Å². The van der Waals surface area contributed by atoms with Gasteiger partial charge >= 0.3 is 5.97 Å². The van der Waals surface area contributed by atoms with Crippen LogP contribution in [0.25, 0.3) is 0 Å². The molecule has 7 heteroatoms. The lowest BCUT2D eigenvalue weighted by molar-refractivity contribution is -0.139. The summed E-state index contributed by atoms with van der Waals surface area (Å²) >= 11 is 3.75. The molecule has 2 rings (SSSR count). The van der Waals surface area contributed by atoms with Crippen LogP contribution in [0.5, 0.6) is 0 Å². The minimum absolute atomic E-state index is 0.0121. The van der Waals surface area contributed by atoms with Crippen LogP contribution >= 0.6 is 23.5 Å². The van der Waals surface area contributed by atoms with Crippen molar-refractivity contribution < 1.29 is 19.4 Å². The fourth-order valence-corrected chi connectivity index (χ4v) is 5.38. The predicted molar refractivity (Wildman–Crippen MR) is 81.4 cm³/mol. The summed E-state index contributed by atoms with van der Waals surface area (Å²) in [4.78, 5) is 25.1. The molecular weight excluding hydrogens is 298 g/mol. The summed E-state index contributed by atoms with van der Waals surface area (Å²) in [5.74, 6) is 2.50. The maximum Gasteiger partial charge on any atom is 0.305 e. The third kappa shape index (κ3) is 4.30. The van der Waals surface area contributed by atoms with Gasteiger partial charge in [0.05, 0.1) is 12.5 Å². The molecule has 0 aliphatic carbocycles. The Morgan fingerprint density at radius 1 is 1.35 bits per heavy atom. The highest BCUT2D eigenvalue weighted by Crippen LogP contribution is 2.29. The van der Waals surface area contributed by atoms with Gasteiger partial charge in [0.1, 0.15) is 0 Å². The monoisotopic (exact) mass is 319 g/mol. The van der Waals surface area contributed by atoms with Crippen molar-refractivity contribution in [3.8, 4) is 0 Å². The Hall–Kier alpha value is -0.400. The molecule has 2 saturated heterocycles. The summed E-state index contributed by atoms with van der Waals surface area (Å²) in [5, 5.41) is 9.34. The largest absolute Gasteiger partial charge is 0.481 e. The third-order valence-corrected chi connectivity index (χ3v) is 6.57. The molecule has 0 saturated carbocycles. The van der Waals surface area contributed by atoms with Gasteiger partial charge in [-0.15, -0.1) is 0 Å². The topological polar surface area (TPSA) is 66.8 Å². The SMILES string of the molecule is COC1CC(CC(=O)O)N(C(=O)CC2CSCCS2)C1. The van der Waals surface area contributed by atoms with E-state index in [4.69, 9.17) is 9.84 Å². The Balaban J connectivity index is 1.92. The molecule has 1 N–H and O–H groups in total. The normalized spacial score (nSPS) is 30.4. The van der Waals surface area contributed by atoms with E-state index in [2.05, 4.69) is 0 Å². The van der Waals surface area contributed by atoms with Gasteiger partial charge in [-0.2, -0.15) is 23.5 Å². The maximum absolute atomic E-state index is 12.4. The average molecular weight is 319 g/mol. The second-order valence-electron chi connectivity index (χ2n) is 5.16. The molecule has 2 aliphatic rings. The number of rotatable bonds is 5. The Morgan fingerprint density at radius 3 is 2.75 bits per heavy atom. The number of likely N-dealkylation sites (tertiary alicyclic amines) is 1. The lowest BCUT2D eigenvalue weighted by Gasteiger charge is -2.27. The van der Waals surface area contributed by atoms with Gasteiger partial charge in [0, 0.05) is 48.6 Å². The van der Waals surface area contributed by atoms with E-state index in [-0.39, 0.29) is 24.5 Å². The number of hydrogen-bond acceptors (Lipinski definition) is 5. The first-order valence-corrected chi connectivity index (χ1v) is 9.04. The van der Waals surface area contributed by atoms with Crippen LogP contribution in [0.4, 0.5) is 0 Å². The number of hydrogen-bond donors (Lipinski definition) is 1. The molecule has 0 radical (unpaired) electrons. The van der Waals surface area contributed by atoms with E-state index in [9.17, 15) is 9.59 Å². The van der Waals surface area contributed by atoms with Gasteiger partial charge in [0.2, 0.25) is 5.91 Å². The Bertz CT molecular complexity index is 360. The summed E-state index contributed by atoms with van der Waals surface area (Å²) in [5.41, 5.74) is 0. The van der Waals surface area contributed by atoms with E-state index in [1.54, 1.807) is 12.0 Å². The number of aliphatic carboxylic acids is 1. The van der Waals surface area contributed by atoms with Crippen molar-refractivity contribution >= 4 is 35.4 Å². The van der Waals surface area contributed by atoms with Crippen molar-refractivity contribution in [2.45, 2.75) is 36.7 Å². The number of carbonyl (C=O) groups is 2. The van der Waals surface area contributed by atoms with Crippen molar-refractivity contribution in [1.29, 1.82) is 0 Å². The first-order chi connectivity index (χ1) is 9.60. The molecule has 3 unspecified atom stereocenters. The molecule has 2 aliphatic heterocycles. The molecule has 0 spiro atoms. The van der Waals surface area contributed by atoms with Crippen molar-refractivity contribution in [2.24, 2.45) is 0 Å². The van der Waals surface area contributed by atoms with Crippen molar-refractivity contribution in [2.75, 3.05) is 30.9 Å². The maximum atomic E-state index is 12.4.